The minimum absolute atomic E-state index is 0.0236. The Morgan fingerprint density at radius 1 is 0.600 bits per heavy atom. The lowest BCUT2D eigenvalue weighted by atomic mass is 9.88. The van der Waals surface area contributed by atoms with Gasteiger partial charge in [-0.2, -0.15) is 0 Å². The van der Waals surface area contributed by atoms with Crippen LogP contribution < -0.4 is 5.73 Å². The van der Waals surface area contributed by atoms with Crippen molar-refractivity contribution in [2.24, 2.45) is 5.73 Å². The molecule has 6 aliphatic rings. The maximum Gasteiger partial charge on any atom is 0.198 e. The van der Waals surface area contributed by atoms with Crippen LogP contribution in [0.3, 0.4) is 0 Å². The van der Waals surface area contributed by atoms with Crippen LogP contribution in [0, 0.1) is 0 Å². The van der Waals surface area contributed by atoms with Crippen LogP contribution in [0.25, 0.3) is 0 Å². The molecule has 0 aliphatic carbocycles. The zero-order valence-corrected chi connectivity index (χ0v) is 27.3. The Morgan fingerprint density at radius 3 is 1.90 bits per heavy atom. The van der Waals surface area contributed by atoms with Crippen molar-refractivity contribution in [1.29, 1.82) is 0 Å². The normalized spacial score (nSPS) is 52.0. The number of aliphatic hydroxyl groups excluding tert-OH is 10. The highest BCUT2D eigenvalue weighted by molar-refractivity contribution is 5.03. The van der Waals surface area contributed by atoms with Crippen molar-refractivity contribution >= 4 is 0 Å². The molecule has 0 spiro atoms. The molecular formula is C30H51NO19. The first kappa shape index (κ1) is 38.9. The van der Waals surface area contributed by atoms with Crippen molar-refractivity contribution in [2.45, 2.75) is 154 Å². The highest BCUT2D eigenvalue weighted by atomic mass is 16.8. The molecule has 20 nitrogen and oxygen atoms in total. The fourth-order valence-electron chi connectivity index (χ4n) is 7.59. The monoisotopic (exact) mass is 729 g/mol. The standard InChI is InChI=1S/C30H51NO19/c31-6-4-2-1-3-5-30(26(40)17(36)15(34)12(8-33)49-30)50-22-14-10-43-25(22)20(39)29(46-14)48-23-16(35)11(7-32)45-28(19(23)38)47-21-13-9-42-24(21)18(37)27(41)44-13/h11-29,32-41H,1-10,31H2/t11-,12-,13+,14+,15+,16-,17+,18+,19-,20+,21+,22+,23+,24+,25+,26-,27-,28+,29+,30+/m1/s1. The van der Waals surface area contributed by atoms with E-state index in [4.69, 9.17) is 48.4 Å². The van der Waals surface area contributed by atoms with E-state index < -0.39 is 136 Å². The Hall–Kier alpha value is -0.800. The van der Waals surface area contributed by atoms with E-state index in [0.717, 1.165) is 12.8 Å². The second-order valence-electron chi connectivity index (χ2n) is 13.7. The molecule has 290 valence electrons. The first-order valence-corrected chi connectivity index (χ1v) is 17.2. The molecule has 0 aromatic rings. The highest BCUT2D eigenvalue weighted by Crippen LogP contribution is 2.42. The summed E-state index contributed by atoms with van der Waals surface area (Å²) >= 11 is 0. The van der Waals surface area contributed by atoms with Gasteiger partial charge in [0.2, 0.25) is 0 Å². The fourth-order valence-corrected chi connectivity index (χ4v) is 7.59. The van der Waals surface area contributed by atoms with Crippen LogP contribution in [0.4, 0.5) is 0 Å². The van der Waals surface area contributed by atoms with Crippen LogP contribution >= 0.6 is 0 Å². The molecule has 4 bridgehead atoms. The maximum atomic E-state index is 11.4. The van der Waals surface area contributed by atoms with Crippen molar-refractivity contribution in [1.82, 2.24) is 0 Å². The summed E-state index contributed by atoms with van der Waals surface area (Å²) in [6, 6.07) is 0. The van der Waals surface area contributed by atoms with Gasteiger partial charge in [0.05, 0.1) is 26.4 Å². The van der Waals surface area contributed by atoms with Gasteiger partial charge in [-0.25, -0.2) is 0 Å². The quantitative estimate of drug-likeness (QED) is 0.0741. The average molecular weight is 730 g/mol. The van der Waals surface area contributed by atoms with E-state index in [2.05, 4.69) is 0 Å². The molecule has 20 atom stereocenters. The van der Waals surface area contributed by atoms with Gasteiger partial charge in [0.25, 0.3) is 0 Å². The second kappa shape index (κ2) is 16.3. The third-order valence-corrected chi connectivity index (χ3v) is 10.4. The highest BCUT2D eigenvalue weighted by Gasteiger charge is 2.61. The molecule has 50 heavy (non-hydrogen) atoms. The van der Waals surface area contributed by atoms with Crippen LogP contribution in [0.15, 0.2) is 0 Å². The van der Waals surface area contributed by atoms with E-state index in [1.807, 2.05) is 0 Å². The number of hydrogen-bond acceptors (Lipinski definition) is 20. The summed E-state index contributed by atoms with van der Waals surface area (Å²) in [7, 11) is 0. The van der Waals surface area contributed by atoms with Gasteiger partial charge in [-0.15, -0.1) is 0 Å². The molecule has 12 N–H and O–H groups in total. The lowest BCUT2D eigenvalue weighted by Gasteiger charge is -2.51. The Bertz CT molecular complexity index is 1090. The van der Waals surface area contributed by atoms with Crippen molar-refractivity contribution in [3.05, 3.63) is 0 Å². The van der Waals surface area contributed by atoms with E-state index in [0.29, 0.717) is 19.4 Å². The van der Waals surface area contributed by atoms with Gasteiger partial charge in [0.1, 0.15) is 97.7 Å². The number of hydrogen-bond donors (Lipinski definition) is 11. The number of nitrogens with two attached hydrogens (primary N) is 1. The topological polar surface area (TPSA) is 311 Å². The molecule has 6 saturated heterocycles. The fraction of sp³-hybridized carbons (Fsp3) is 1.00. The van der Waals surface area contributed by atoms with Gasteiger partial charge in [-0.1, -0.05) is 12.8 Å². The molecule has 6 rings (SSSR count). The van der Waals surface area contributed by atoms with Gasteiger partial charge in [-0.3, -0.25) is 0 Å². The van der Waals surface area contributed by atoms with Crippen LogP contribution in [-0.2, 0) is 42.6 Å². The number of rotatable bonds is 14. The van der Waals surface area contributed by atoms with Crippen LogP contribution in [-0.4, -0.2) is 206 Å². The molecule has 6 fully saturated rings. The third kappa shape index (κ3) is 7.33. The number of unbranched alkanes of at least 4 members (excludes halogenated alkanes) is 3. The van der Waals surface area contributed by atoms with Crippen LogP contribution in [0.2, 0.25) is 0 Å². The van der Waals surface area contributed by atoms with Gasteiger partial charge >= 0.3 is 0 Å². The van der Waals surface area contributed by atoms with Gasteiger partial charge < -0.3 is 99.4 Å². The summed E-state index contributed by atoms with van der Waals surface area (Å²) < 4.78 is 52.3. The molecule has 0 amide bonds. The summed E-state index contributed by atoms with van der Waals surface area (Å²) in [6.07, 6.45) is -23.8. The molecule has 20 heteroatoms. The molecule has 0 aromatic carbocycles. The van der Waals surface area contributed by atoms with Crippen LogP contribution in [0.1, 0.15) is 32.1 Å². The second-order valence-corrected chi connectivity index (χ2v) is 13.7. The minimum Gasteiger partial charge on any atom is -0.394 e. The SMILES string of the molecule is NCCCCCC[C@@]1(O[C@@H]2[C@H]3OC[C@@H]2O[C@@H](O[C@@H]2[C@@H](O)[C@H](O[C@@H]4[C@H]5OC[C@@H]4O[C@@H](O)[C@H]5O)O[C@H](CO)[C@H]2O)[C@H]3O)O[C@H](CO)[C@H](O)[C@H](O)[C@H]1O. The lowest BCUT2D eigenvalue weighted by molar-refractivity contribution is -0.400. The summed E-state index contributed by atoms with van der Waals surface area (Å²) in [4.78, 5) is 0. The molecule has 0 aromatic heterocycles. The van der Waals surface area contributed by atoms with Gasteiger partial charge in [-0.05, 0) is 19.4 Å². The first-order chi connectivity index (χ1) is 23.9. The molecular weight excluding hydrogens is 678 g/mol. The van der Waals surface area contributed by atoms with Crippen molar-refractivity contribution in [3.63, 3.8) is 0 Å². The molecule has 6 aliphatic heterocycles. The van der Waals surface area contributed by atoms with E-state index in [1.165, 1.54) is 0 Å². The molecule has 0 unspecified atom stereocenters. The van der Waals surface area contributed by atoms with Crippen molar-refractivity contribution in [2.75, 3.05) is 33.0 Å². The zero-order valence-electron chi connectivity index (χ0n) is 27.3. The molecule has 0 radical (unpaired) electrons. The number of aliphatic hydroxyl groups is 10. The van der Waals surface area contributed by atoms with Gasteiger partial charge in [0.15, 0.2) is 24.7 Å². The maximum absolute atomic E-state index is 11.4. The van der Waals surface area contributed by atoms with E-state index in [9.17, 15) is 51.1 Å². The predicted molar refractivity (Wildman–Crippen MR) is 158 cm³/mol. The Labute approximate surface area is 287 Å². The number of fused-ring (bicyclic) bond motifs is 4. The van der Waals surface area contributed by atoms with E-state index in [-0.39, 0.29) is 19.6 Å². The molecule has 0 saturated carbocycles. The third-order valence-electron chi connectivity index (χ3n) is 10.4. The molecule has 6 heterocycles. The van der Waals surface area contributed by atoms with Crippen molar-refractivity contribution in [3.8, 4) is 0 Å². The van der Waals surface area contributed by atoms with E-state index in [1.54, 1.807) is 0 Å². The smallest absolute Gasteiger partial charge is 0.198 e. The Balaban J connectivity index is 1.15. The first-order valence-electron chi connectivity index (χ1n) is 17.2. The zero-order chi connectivity index (χ0) is 35.9. The minimum atomic E-state index is -1.94. The Morgan fingerprint density at radius 2 is 1.22 bits per heavy atom. The summed E-state index contributed by atoms with van der Waals surface area (Å²) in [5, 5.41) is 106. The summed E-state index contributed by atoms with van der Waals surface area (Å²) in [5.41, 5.74) is 5.59. The summed E-state index contributed by atoms with van der Waals surface area (Å²) in [6.45, 7) is -1.05. The predicted octanol–water partition coefficient (Wildman–Crippen LogP) is -6.38. The lowest BCUT2D eigenvalue weighted by Crippen LogP contribution is -2.69. The van der Waals surface area contributed by atoms with Crippen LogP contribution in [0.5, 0.6) is 0 Å². The summed E-state index contributed by atoms with van der Waals surface area (Å²) in [5.74, 6) is -1.94. The van der Waals surface area contributed by atoms with Crippen molar-refractivity contribution < 1.29 is 93.7 Å². The Kier molecular flexibility index (Phi) is 12.7. The van der Waals surface area contributed by atoms with Gasteiger partial charge in [0, 0.05) is 6.42 Å². The number of ether oxygens (including phenoxy) is 9. The largest absolute Gasteiger partial charge is 0.394 e. The average Bonchev–Trinajstić information content (AvgIpc) is 3.59. The van der Waals surface area contributed by atoms with E-state index >= 15 is 0 Å².